The second-order valence-corrected chi connectivity index (χ2v) is 4.86. The van der Waals surface area contributed by atoms with Gasteiger partial charge in [-0.3, -0.25) is 10.0 Å². The average Bonchev–Trinajstić information content (AvgIpc) is 2.41. The molecule has 2 saturated heterocycles. The van der Waals surface area contributed by atoms with Gasteiger partial charge in [0.15, 0.2) is 0 Å². The molecule has 2 fully saturated rings. The third-order valence-corrected chi connectivity index (χ3v) is 3.37. The highest BCUT2D eigenvalue weighted by molar-refractivity contribution is 5.78. The number of rotatable bonds is 4. The maximum Gasteiger partial charge on any atom is 0.0360 e. The smallest absolute Gasteiger partial charge is 0.0360 e. The lowest BCUT2D eigenvalue weighted by molar-refractivity contribution is 0.239. The Morgan fingerprint density at radius 2 is 1.06 bits per heavy atom. The summed E-state index contributed by atoms with van der Waals surface area (Å²) in [5, 5.41) is 13.3. The fraction of sp³-hybridized carbons (Fsp3) is 0.846. The van der Waals surface area contributed by atoms with Crippen molar-refractivity contribution in [3.8, 4) is 0 Å². The fourth-order valence-electron chi connectivity index (χ4n) is 2.36. The zero-order valence-corrected chi connectivity index (χ0v) is 10.7. The maximum atomic E-state index is 4.46. The van der Waals surface area contributed by atoms with E-state index in [0.717, 1.165) is 32.6 Å². The normalized spacial score (nSPS) is 22.8. The van der Waals surface area contributed by atoms with Gasteiger partial charge in [0, 0.05) is 45.0 Å². The first kappa shape index (κ1) is 12.4. The van der Waals surface area contributed by atoms with E-state index in [2.05, 4.69) is 20.2 Å². The molecular formula is C13H24N4. The monoisotopic (exact) mass is 236 g/mol. The van der Waals surface area contributed by atoms with Gasteiger partial charge < -0.3 is 0 Å². The van der Waals surface area contributed by atoms with Crippen LogP contribution in [0.15, 0.2) is 10.2 Å². The lowest BCUT2D eigenvalue weighted by Gasteiger charge is -2.23. The van der Waals surface area contributed by atoms with Crippen LogP contribution in [-0.2, 0) is 0 Å². The summed E-state index contributed by atoms with van der Waals surface area (Å²) in [6.45, 7) is 4.50. The Morgan fingerprint density at radius 1 is 0.647 bits per heavy atom. The van der Waals surface area contributed by atoms with Gasteiger partial charge in [0.25, 0.3) is 0 Å². The molecule has 0 spiro atoms. The Morgan fingerprint density at radius 3 is 1.47 bits per heavy atom. The molecule has 2 heterocycles. The molecule has 4 heteroatoms. The van der Waals surface area contributed by atoms with E-state index in [4.69, 9.17) is 0 Å². The third kappa shape index (κ3) is 4.75. The summed E-state index contributed by atoms with van der Waals surface area (Å²) in [7, 11) is 0. The predicted molar refractivity (Wildman–Crippen MR) is 72.4 cm³/mol. The summed E-state index contributed by atoms with van der Waals surface area (Å²) in [6.07, 6.45) is 12.7. The molecule has 2 aliphatic heterocycles. The number of piperidine rings is 2. The van der Waals surface area contributed by atoms with E-state index in [0.29, 0.717) is 0 Å². The Balaban J connectivity index is 1.60. The van der Waals surface area contributed by atoms with Crippen molar-refractivity contribution in [3.05, 3.63) is 0 Å². The van der Waals surface area contributed by atoms with Crippen molar-refractivity contribution in [3.63, 3.8) is 0 Å². The van der Waals surface area contributed by atoms with E-state index >= 15 is 0 Å². The van der Waals surface area contributed by atoms with E-state index in [1.807, 2.05) is 12.4 Å². The molecule has 17 heavy (non-hydrogen) atoms. The van der Waals surface area contributed by atoms with Gasteiger partial charge in [0.2, 0.25) is 0 Å². The molecule has 0 aromatic heterocycles. The lowest BCUT2D eigenvalue weighted by Crippen LogP contribution is -2.25. The van der Waals surface area contributed by atoms with Gasteiger partial charge in [-0.2, -0.15) is 10.2 Å². The van der Waals surface area contributed by atoms with Crippen molar-refractivity contribution in [2.24, 2.45) is 10.2 Å². The van der Waals surface area contributed by atoms with E-state index in [-0.39, 0.29) is 0 Å². The molecule has 96 valence electrons. The van der Waals surface area contributed by atoms with Crippen molar-refractivity contribution in [2.75, 3.05) is 26.2 Å². The van der Waals surface area contributed by atoms with E-state index in [1.54, 1.807) is 0 Å². The first-order chi connectivity index (χ1) is 8.45. The minimum atomic E-state index is 0.854. The highest BCUT2D eigenvalue weighted by Gasteiger charge is 2.06. The number of hydrogen-bond donors (Lipinski definition) is 0. The van der Waals surface area contributed by atoms with E-state index in [9.17, 15) is 0 Å². The van der Waals surface area contributed by atoms with Crippen molar-refractivity contribution >= 4 is 12.4 Å². The van der Waals surface area contributed by atoms with Crippen LogP contribution in [-0.4, -0.2) is 48.6 Å². The first-order valence-electron chi connectivity index (χ1n) is 7.00. The average molecular weight is 236 g/mol. The summed E-state index contributed by atoms with van der Waals surface area (Å²) in [4.78, 5) is 0. The topological polar surface area (TPSA) is 31.2 Å². The summed E-state index contributed by atoms with van der Waals surface area (Å²) in [5.41, 5.74) is 0. The molecule has 2 aliphatic rings. The summed E-state index contributed by atoms with van der Waals surface area (Å²) >= 11 is 0. The second kappa shape index (κ2) is 7.30. The molecule has 0 radical (unpaired) electrons. The molecular weight excluding hydrogens is 212 g/mol. The Kier molecular flexibility index (Phi) is 5.33. The van der Waals surface area contributed by atoms with E-state index < -0.39 is 0 Å². The number of nitrogens with zero attached hydrogens (tertiary/aromatic N) is 4. The van der Waals surface area contributed by atoms with Crippen molar-refractivity contribution in [2.45, 2.75) is 44.9 Å². The van der Waals surface area contributed by atoms with Gasteiger partial charge in [0.1, 0.15) is 0 Å². The summed E-state index contributed by atoms with van der Waals surface area (Å²) < 4.78 is 0. The van der Waals surface area contributed by atoms with Gasteiger partial charge in [-0.1, -0.05) is 0 Å². The molecule has 0 aromatic carbocycles. The van der Waals surface area contributed by atoms with E-state index in [1.165, 1.54) is 38.5 Å². The van der Waals surface area contributed by atoms with Crippen molar-refractivity contribution in [1.29, 1.82) is 0 Å². The zero-order chi connectivity index (χ0) is 11.8. The Hall–Kier alpha value is -1.06. The largest absolute Gasteiger partial charge is 0.297 e. The van der Waals surface area contributed by atoms with Gasteiger partial charge in [-0.25, -0.2) is 0 Å². The van der Waals surface area contributed by atoms with Crippen LogP contribution >= 0.6 is 0 Å². The van der Waals surface area contributed by atoms with Crippen LogP contribution in [0.5, 0.6) is 0 Å². The van der Waals surface area contributed by atoms with Crippen LogP contribution < -0.4 is 0 Å². The maximum absolute atomic E-state index is 4.46. The minimum Gasteiger partial charge on any atom is -0.297 e. The SMILES string of the molecule is C(CC=NN1CCCCC1)=NN1CCCCC1. The molecule has 0 atom stereocenters. The number of hydrazone groups is 2. The highest BCUT2D eigenvalue weighted by atomic mass is 15.5. The standard InChI is InChI=1S/C13H24N4/c1-3-10-16(11-4-1)14-8-7-9-15-17-12-5-2-6-13-17/h8-9H,1-7,10-13H2. The Bertz CT molecular complexity index is 224. The minimum absolute atomic E-state index is 0.854. The summed E-state index contributed by atoms with van der Waals surface area (Å²) in [5.74, 6) is 0. The predicted octanol–water partition coefficient (Wildman–Crippen LogP) is 2.32. The molecule has 0 saturated carbocycles. The molecule has 2 rings (SSSR count). The lowest BCUT2D eigenvalue weighted by atomic mass is 10.2. The molecule has 0 aromatic rings. The fourth-order valence-corrected chi connectivity index (χ4v) is 2.36. The quantitative estimate of drug-likeness (QED) is 0.701. The van der Waals surface area contributed by atoms with Crippen LogP contribution in [0, 0.1) is 0 Å². The second-order valence-electron chi connectivity index (χ2n) is 4.86. The summed E-state index contributed by atoms with van der Waals surface area (Å²) in [6, 6.07) is 0. The molecule has 0 bridgehead atoms. The third-order valence-electron chi connectivity index (χ3n) is 3.37. The van der Waals surface area contributed by atoms with Crippen molar-refractivity contribution < 1.29 is 0 Å². The Labute approximate surface area is 104 Å². The molecule has 0 unspecified atom stereocenters. The van der Waals surface area contributed by atoms with Crippen LogP contribution in [0.4, 0.5) is 0 Å². The van der Waals surface area contributed by atoms with Crippen LogP contribution in [0.3, 0.4) is 0 Å². The molecule has 0 amide bonds. The van der Waals surface area contributed by atoms with Gasteiger partial charge in [0.05, 0.1) is 0 Å². The zero-order valence-electron chi connectivity index (χ0n) is 10.7. The van der Waals surface area contributed by atoms with Gasteiger partial charge >= 0.3 is 0 Å². The number of hydrogen-bond acceptors (Lipinski definition) is 4. The highest BCUT2D eigenvalue weighted by Crippen LogP contribution is 2.09. The van der Waals surface area contributed by atoms with Crippen LogP contribution in [0.25, 0.3) is 0 Å². The first-order valence-corrected chi connectivity index (χ1v) is 7.00. The molecule has 4 nitrogen and oxygen atoms in total. The van der Waals surface area contributed by atoms with Crippen molar-refractivity contribution in [1.82, 2.24) is 10.0 Å². The van der Waals surface area contributed by atoms with Gasteiger partial charge in [-0.15, -0.1) is 0 Å². The molecule has 0 aliphatic carbocycles. The van der Waals surface area contributed by atoms with Crippen LogP contribution in [0.2, 0.25) is 0 Å². The van der Waals surface area contributed by atoms with Crippen LogP contribution in [0.1, 0.15) is 44.9 Å². The van der Waals surface area contributed by atoms with Gasteiger partial charge in [-0.05, 0) is 38.5 Å². The molecule has 0 N–H and O–H groups in total.